The molecule has 0 saturated carbocycles. The smallest absolute Gasteiger partial charge is 0.312 e. The van der Waals surface area contributed by atoms with Crippen LogP contribution in [0.2, 0.25) is 0 Å². The van der Waals surface area contributed by atoms with Crippen LogP contribution in [0.1, 0.15) is 44.7 Å². The van der Waals surface area contributed by atoms with Crippen molar-refractivity contribution in [2.45, 2.75) is 46.0 Å². The van der Waals surface area contributed by atoms with E-state index in [1.807, 2.05) is 52.0 Å². The molecule has 122 valence electrons. The minimum Gasteiger partial charge on any atom is -0.469 e. The summed E-state index contributed by atoms with van der Waals surface area (Å²) in [4.78, 5) is 23.9. The van der Waals surface area contributed by atoms with E-state index in [2.05, 4.69) is 0 Å². The third-order valence-electron chi connectivity index (χ3n) is 4.82. The summed E-state index contributed by atoms with van der Waals surface area (Å²) in [7, 11) is 2.76. The van der Waals surface area contributed by atoms with Gasteiger partial charge in [0, 0.05) is 11.8 Å². The molecule has 0 aliphatic carbocycles. The molecule has 1 atom stereocenters. The monoisotopic (exact) mass is 306 g/mol. The average molecular weight is 306 g/mol. The van der Waals surface area contributed by atoms with Gasteiger partial charge in [-0.15, -0.1) is 0 Å². The van der Waals surface area contributed by atoms with Crippen molar-refractivity contribution in [1.82, 2.24) is 0 Å². The number of rotatable bonds is 6. The molecular formula is C18H26O4. The summed E-state index contributed by atoms with van der Waals surface area (Å²) >= 11 is 0. The molecule has 1 rings (SSSR count). The quantitative estimate of drug-likeness (QED) is 0.756. The van der Waals surface area contributed by atoms with Crippen molar-refractivity contribution in [1.29, 1.82) is 0 Å². The molecule has 0 bridgehead atoms. The first kappa shape index (κ1) is 18.2. The van der Waals surface area contributed by atoms with Crippen molar-refractivity contribution < 1.29 is 19.1 Å². The molecule has 1 aromatic rings. The molecule has 0 saturated heterocycles. The van der Waals surface area contributed by atoms with Crippen molar-refractivity contribution in [2.24, 2.45) is 5.41 Å². The van der Waals surface area contributed by atoms with Crippen LogP contribution in [0.4, 0.5) is 0 Å². The Morgan fingerprint density at radius 3 is 2.00 bits per heavy atom. The zero-order valence-corrected chi connectivity index (χ0v) is 14.4. The normalized spacial score (nSPS) is 14.1. The Hall–Kier alpha value is -1.84. The molecule has 0 N–H and O–H groups in total. The highest BCUT2D eigenvalue weighted by molar-refractivity contribution is 5.78. The van der Waals surface area contributed by atoms with Crippen LogP contribution in [0.3, 0.4) is 0 Å². The number of aryl methyl sites for hydroxylation is 1. The lowest BCUT2D eigenvalue weighted by Gasteiger charge is -2.42. The SMILES string of the molecule is COC(=O)CCC(C)(c1ccc(C)cc1)C(C)(C)C(=O)OC. The maximum atomic E-state index is 12.3. The molecule has 0 aromatic heterocycles. The predicted molar refractivity (Wildman–Crippen MR) is 85.6 cm³/mol. The Balaban J connectivity index is 3.27. The maximum Gasteiger partial charge on any atom is 0.312 e. The molecule has 0 fully saturated rings. The van der Waals surface area contributed by atoms with Gasteiger partial charge in [0.1, 0.15) is 0 Å². The van der Waals surface area contributed by atoms with Gasteiger partial charge >= 0.3 is 11.9 Å². The van der Waals surface area contributed by atoms with E-state index in [0.29, 0.717) is 6.42 Å². The van der Waals surface area contributed by atoms with E-state index in [1.54, 1.807) is 0 Å². The molecular weight excluding hydrogens is 280 g/mol. The van der Waals surface area contributed by atoms with E-state index < -0.39 is 10.8 Å². The fourth-order valence-corrected chi connectivity index (χ4v) is 2.67. The number of hydrogen-bond donors (Lipinski definition) is 0. The van der Waals surface area contributed by atoms with Crippen LogP contribution >= 0.6 is 0 Å². The molecule has 1 unspecified atom stereocenters. The van der Waals surface area contributed by atoms with Gasteiger partial charge in [0.2, 0.25) is 0 Å². The highest BCUT2D eigenvalue weighted by Gasteiger charge is 2.48. The van der Waals surface area contributed by atoms with E-state index in [0.717, 1.165) is 11.1 Å². The van der Waals surface area contributed by atoms with Gasteiger partial charge in [0.15, 0.2) is 0 Å². The first-order valence-electron chi connectivity index (χ1n) is 7.41. The lowest BCUT2D eigenvalue weighted by Crippen LogP contribution is -2.46. The van der Waals surface area contributed by atoms with Crippen molar-refractivity contribution in [2.75, 3.05) is 14.2 Å². The number of ether oxygens (including phenoxy) is 2. The second-order valence-corrected chi connectivity index (χ2v) is 6.39. The third-order valence-corrected chi connectivity index (χ3v) is 4.82. The number of carbonyl (C=O) groups excluding carboxylic acids is 2. The number of esters is 2. The van der Waals surface area contributed by atoms with Gasteiger partial charge in [-0.3, -0.25) is 9.59 Å². The van der Waals surface area contributed by atoms with Crippen molar-refractivity contribution in [3.63, 3.8) is 0 Å². The third kappa shape index (κ3) is 3.49. The predicted octanol–water partition coefficient (Wildman–Crippen LogP) is 3.41. The highest BCUT2D eigenvalue weighted by Crippen LogP contribution is 2.46. The lowest BCUT2D eigenvalue weighted by atomic mass is 9.60. The van der Waals surface area contributed by atoms with E-state index in [9.17, 15) is 9.59 Å². The van der Waals surface area contributed by atoms with Crippen molar-refractivity contribution in [3.8, 4) is 0 Å². The van der Waals surface area contributed by atoms with E-state index >= 15 is 0 Å². The molecule has 1 aromatic carbocycles. The molecule has 0 amide bonds. The summed E-state index contributed by atoms with van der Waals surface area (Å²) in [6.07, 6.45) is 0.756. The summed E-state index contributed by atoms with van der Waals surface area (Å²) in [5.41, 5.74) is 0.847. The minimum atomic E-state index is -0.773. The van der Waals surface area contributed by atoms with E-state index in [1.165, 1.54) is 14.2 Å². The largest absolute Gasteiger partial charge is 0.469 e. The Morgan fingerprint density at radius 2 is 1.55 bits per heavy atom. The van der Waals surface area contributed by atoms with Gasteiger partial charge in [-0.25, -0.2) is 0 Å². The fourth-order valence-electron chi connectivity index (χ4n) is 2.67. The number of benzene rings is 1. The summed E-state index contributed by atoms with van der Waals surface area (Å²) < 4.78 is 9.73. The molecule has 0 aliphatic rings. The second-order valence-electron chi connectivity index (χ2n) is 6.39. The number of carbonyl (C=O) groups is 2. The van der Waals surface area contributed by atoms with Crippen LogP contribution in [0.15, 0.2) is 24.3 Å². The molecule has 0 spiro atoms. The van der Waals surface area contributed by atoms with E-state index in [-0.39, 0.29) is 18.4 Å². The zero-order chi connectivity index (χ0) is 17.0. The van der Waals surface area contributed by atoms with Crippen molar-refractivity contribution >= 4 is 11.9 Å². The van der Waals surface area contributed by atoms with Crippen molar-refractivity contribution in [3.05, 3.63) is 35.4 Å². The summed E-state index contributed by atoms with van der Waals surface area (Å²) in [6.45, 7) is 7.73. The summed E-state index contributed by atoms with van der Waals surface area (Å²) in [6, 6.07) is 8.05. The lowest BCUT2D eigenvalue weighted by molar-refractivity contribution is -0.156. The second kappa shape index (κ2) is 6.95. The standard InChI is InChI=1S/C18H26O4/c1-13-7-9-14(10-8-13)18(4,12-11-15(19)21-5)17(2,3)16(20)22-6/h7-10H,11-12H2,1-6H3. The minimum absolute atomic E-state index is 0.251. The topological polar surface area (TPSA) is 52.6 Å². The molecule has 0 radical (unpaired) electrons. The van der Waals surface area contributed by atoms with Gasteiger partial charge in [-0.1, -0.05) is 36.8 Å². The summed E-state index contributed by atoms with van der Waals surface area (Å²) in [5.74, 6) is -0.570. The molecule has 0 heterocycles. The van der Waals surface area contributed by atoms with Gasteiger partial charge in [0.05, 0.1) is 19.6 Å². The Kier molecular flexibility index (Phi) is 5.75. The Bertz CT molecular complexity index is 531. The van der Waals surface area contributed by atoms with Crippen LogP contribution in [-0.2, 0) is 24.5 Å². The number of methoxy groups -OCH3 is 2. The van der Waals surface area contributed by atoms with Gasteiger partial charge in [0.25, 0.3) is 0 Å². The Morgan fingerprint density at radius 1 is 1.00 bits per heavy atom. The van der Waals surface area contributed by atoms with Crippen LogP contribution in [0.25, 0.3) is 0 Å². The first-order valence-corrected chi connectivity index (χ1v) is 7.41. The average Bonchev–Trinajstić information content (AvgIpc) is 2.51. The fraction of sp³-hybridized carbons (Fsp3) is 0.556. The van der Waals surface area contributed by atoms with Crippen LogP contribution in [0.5, 0.6) is 0 Å². The molecule has 4 nitrogen and oxygen atoms in total. The zero-order valence-electron chi connectivity index (χ0n) is 14.4. The molecule has 4 heteroatoms. The van der Waals surface area contributed by atoms with E-state index in [4.69, 9.17) is 9.47 Å². The Labute approximate surface area is 132 Å². The van der Waals surface area contributed by atoms with Crippen LogP contribution < -0.4 is 0 Å². The van der Waals surface area contributed by atoms with Crippen LogP contribution in [0, 0.1) is 12.3 Å². The van der Waals surface area contributed by atoms with Gasteiger partial charge in [-0.2, -0.15) is 0 Å². The first-order chi connectivity index (χ1) is 10.2. The maximum absolute atomic E-state index is 12.3. The van der Waals surface area contributed by atoms with Crippen LogP contribution in [-0.4, -0.2) is 26.2 Å². The summed E-state index contributed by atoms with van der Waals surface area (Å²) in [5, 5.41) is 0. The van der Waals surface area contributed by atoms with Gasteiger partial charge < -0.3 is 9.47 Å². The van der Waals surface area contributed by atoms with Gasteiger partial charge in [-0.05, 0) is 32.8 Å². The highest BCUT2D eigenvalue weighted by atomic mass is 16.5. The molecule has 0 aliphatic heterocycles. The number of hydrogen-bond acceptors (Lipinski definition) is 4. The molecule has 22 heavy (non-hydrogen) atoms.